The maximum absolute atomic E-state index is 13.4. The molecule has 3 aromatic rings. The first-order valence-corrected chi connectivity index (χ1v) is 10.6. The second-order valence-corrected chi connectivity index (χ2v) is 7.63. The Morgan fingerprint density at radius 1 is 0.969 bits per heavy atom. The van der Waals surface area contributed by atoms with Crippen molar-refractivity contribution >= 4 is 23.1 Å². The standard InChI is InChI=1S/C26H25N3O3/c1-3-15-32-22-9-6-8-20(16-22)28-24-23(19-12-10-18(2)11-13-19)25(30)29(26(24)31)17-21-7-4-5-14-27-21/h4-14,16,28H,3,15,17H2,1-2H3. The lowest BCUT2D eigenvalue weighted by Crippen LogP contribution is -2.32. The number of nitrogens with one attached hydrogen (secondary N) is 1. The Morgan fingerprint density at radius 2 is 1.78 bits per heavy atom. The third-order valence-corrected chi connectivity index (χ3v) is 5.13. The normalized spacial score (nSPS) is 13.6. The summed E-state index contributed by atoms with van der Waals surface area (Å²) in [6.45, 7) is 4.74. The van der Waals surface area contributed by atoms with Gasteiger partial charge < -0.3 is 10.1 Å². The van der Waals surface area contributed by atoms with Gasteiger partial charge in [-0.15, -0.1) is 0 Å². The number of benzene rings is 2. The highest BCUT2D eigenvalue weighted by molar-refractivity contribution is 6.36. The zero-order valence-electron chi connectivity index (χ0n) is 18.2. The molecule has 0 unspecified atom stereocenters. The van der Waals surface area contributed by atoms with Crippen molar-refractivity contribution in [3.8, 4) is 5.75 Å². The molecule has 0 saturated carbocycles. The average Bonchev–Trinajstić information content (AvgIpc) is 3.03. The van der Waals surface area contributed by atoms with E-state index in [1.54, 1.807) is 18.3 Å². The highest BCUT2D eigenvalue weighted by Gasteiger charge is 2.39. The Balaban J connectivity index is 1.70. The van der Waals surface area contributed by atoms with Crippen LogP contribution in [0.5, 0.6) is 5.75 Å². The molecule has 0 saturated heterocycles. The van der Waals surface area contributed by atoms with Gasteiger partial charge in [0.05, 0.1) is 24.4 Å². The molecule has 2 aromatic carbocycles. The van der Waals surface area contributed by atoms with Gasteiger partial charge >= 0.3 is 0 Å². The second kappa shape index (κ2) is 9.47. The molecule has 162 valence electrons. The van der Waals surface area contributed by atoms with Gasteiger partial charge in [0.1, 0.15) is 11.4 Å². The van der Waals surface area contributed by atoms with Crippen LogP contribution in [0.2, 0.25) is 0 Å². The number of aromatic nitrogens is 1. The van der Waals surface area contributed by atoms with E-state index in [2.05, 4.69) is 10.3 Å². The van der Waals surface area contributed by atoms with Gasteiger partial charge in [0, 0.05) is 18.0 Å². The fraction of sp³-hybridized carbons (Fsp3) is 0.192. The Kier molecular flexibility index (Phi) is 6.31. The summed E-state index contributed by atoms with van der Waals surface area (Å²) in [5.41, 5.74) is 3.70. The molecule has 2 heterocycles. The molecule has 0 atom stereocenters. The van der Waals surface area contributed by atoms with E-state index < -0.39 is 0 Å². The minimum Gasteiger partial charge on any atom is -0.494 e. The topological polar surface area (TPSA) is 71.5 Å². The Labute approximate surface area is 187 Å². The largest absolute Gasteiger partial charge is 0.494 e. The van der Waals surface area contributed by atoms with E-state index in [1.807, 2.05) is 68.4 Å². The zero-order chi connectivity index (χ0) is 22.5. The molecule has 4 rings (SSSR count). The third-order valence-electron chi connectivity index (χ3n) is 5.13. The van der Waals surface area contributed by atoms with E-state index in [0.717, 1.165) is 12.0 Å². The molecule has 0 aliphatic carbocycles. The van der Waals surface area contributed by atoms with Crippen LogP contribution in [0, 0.1) is 6.92 Å². The quantitative estimate of drug-likeness (QED) is 0.533. The molecule has 32 heavy (non-hydrogen) atoms. The number of carbonyl (C=O) groups excluding carboxylic acids is 2. The van der Waals surface area contributed by atoms with Gasteiger partial charge in [-0.2, -0.15) is 0 Å². The summed E-state index contributed by atoms with van der Waals surface area (Å²) in [7, 11) is 0. The van der Waals surface area contributed by atoms with E-state index >= 15 is 0 Å². The number of ether oxygens (including phenoxy) is 1. The molecule has 1 aliphatic rings. The summed E-state index contributed by atoms with van der Waals surface area (Å²) in [6.07, 6.45) is 2.55. The van der Waals surface area contributed by atoms with E-state index in [9.17, 15) is 9.59 Å². The van der Waals surface area contributed by atoms with Gasteiger partial charge in [-0.3, -0.25) is 19.5 Å². The van der Waals surface area contributed by atoms with Crippen molar-refractivity contribution in [2.45, 2.75) is 26.8 Å². The third kappa shape index (κ3) is 4.54. The van der Waals surface area contributed by atoms with E-state index in [-0.39, 0.29) is 24.1 Å². The first-order chi connectivity index (χ1) is 15.6. The maximum Gasteiger partial charge on any atom is 0.278 e. The predicted octanol–water partition coefficient (Wildman–Crippen LogP) is 4.57. The predicted molar refractivity (Wildman–Crippen MR) is 124 cm³/mol. The number of anilines is 1. The van der Waals surface area contributed by atoms with E-state index in [4.69, 9.17) is 4.74 Å². The first kappa shape index (κ1) is 21.3. The summed E-state index contributed by atoms with van der Waals surface area (Å²) < 4.78 is 5.71. The van der Waals surface area contributed by atoms with Crippen LogP contribution < -0.4 is 10.1 Å². The van der Waals surface area contributed by atoms with Crippen LogP contribution in [0.1, 0.15) is 30.2 Å². The molecule has 0 fully saturated rings. The fourth-order valence-corrected chi connectivity index (χ4v) is 3.51. The van der Waals surface area contributed by atoms with Crippen LogP contribution in [0.25, 0.3) is 5.57 Å². The summed E-state index contributed by atoms with van der Waals surface area (Å²) in [5, 5.41) is 3.18. The van der Waals surface area contributed by atoms with Gasteiger partial charge in [0.25, 0.3) is 11.8 Å². The summed E-state index contributed by atoms with van der Waals surface area (Å²) in [5.74, 6) is -0.0158. The molecular formula is C26H25N3O3. The van der Waals surface area contributed by atoms with Crippen LogP contribution >= 0.6 is 0 Å². The van der Waals surface area contributed by atoms with Crippen molar-refractivity contribution in [1.82, 2.24) is 9.88 Å². The smallest absolute Gasteiger partial charge is 0.278 e. The monoisotopic (exact) mass is 427 g/mol. The molecule has 1 N–H and O–H groups in total. The number of nitrogens with zero attached hydrogens (tertiary/aromatic N) is 2. The number of carbonyl (C=O) groups is 2. The van der Waals surface area contributed by atoms with Crippen molar-refractivity contribution in [1.29, 1.82) is 0 Å². The average molecular weight is 428 g/mol. The molecule has 6 nitrogen and oxygen atoms in total. The molecule has 2 amide bonds. The van der Waals surface area contributed by atoms with Crippen LogP contribution in [-0.4, -0.2) is 28.3 Å². The number of pyridine rings is 1. The molecule has 1 aliphatic heterocycles. The van der Waals surface area contributed by atoms with E-state index in [1.165, 1.54) is 4.90 Å². The Bertz CT molecular complexity index is 1150. The molecular weight excluding hydrogens is 402 g/mol. The van der Waals surface area contributed by atoms with Gasteiger partial charge in [0.2, 0.25) is 0 Å². The minimum absolute atomic E-state index is 0.110. The number of imide groups is 1. The lowest BCUT2D eigenvalue weighted by molar-refractivity contribution is -0.137. The molecule has 6 heteroatoms. The van der Waals surface area contributed by atoms with Crippen molar-refractivity contribution in [2.24, 2.45) is 0 Å². The van der Waals surface area contributed by atoms with Crippen molar-refractivity contribution < 1.29 is 14.3 Å². The number of hydrogen-bond acceptors (Lipinski definition) is 5. The van der Waals surface area contributed by atoms with Crippen molar-refractivity contribution in [3.63, 3.8) is 0 Å². The summed E-state index contributed by atoms with van der Waals surface area (Å²) in [6, 6.07) is 20.4. The first-order valence-electron chi connectivity index (χ1n) is 10.6. The van der Waals surface area contributed by atoms with Crippen LogP contribution in [0.4, 0.5) is 5.69 Å². The lowest BCUT2D eigenvalue weighted by atomic mass is 10.0. The number of rotatable bonds is 8. The Morgan fingerprint density at radius 3 is 2.50 bits per heavy atom. The highest BCUT2D eigenvalue weighted by atomic mass is 16.5. The Hall–Kier alpha value is -3.93. The van der Waals surface area contributed by atoms with Crippen LogP contribution in [0.3, 0.4) is 0 Å². The lowest BCUT2D eigenvalue weighted by Gasteiger charge is -2.15. The summed E-state index contributed by atoms with van der Waals surface area (Å²) in [4.78, 5) is 32.2. The molecule has 0 bridgehead atoms. The minimum atomic E-state index is -0.379. The van der Waals surface area contributed by atoms with Gasteiger partial charge in [-0.05, 0) is 43.2 Å². The molecule has 1 aromatic heterocycles. The van der Waals surface area contributed by atoms with Crippen LogP contribution in [-0.2, 0) is 16.1 Å². The highest BCUT2D eigenvalue weighted by Crippen LogP contribution is 2.32. The second-order valence-electron chi connectivity index (χ2n) is 7.63. The maximum atomic E-state index is 13.4. The van der Waals surface area contributed by atoms with Crippen molar-refractivity contribution in [2.75, 3.05) is 11.9 Å². The van der Waals surface area contributed by atoms with Crippen LogP contribution in [0.15, 0.2) is 78.6 Å². The van der Waals surface area contributed by atoms with Crippen molar-refractivity contribution in [3.05, 3.63) is 95.4 Å². The fourth-order valence-electron chi connectivity index (χ4n) is 3.51. The van der Waals surface area contributed by atoms with Gasteiger partial charge in [-0.1, -0.05) is 48.9 Å². The van der Waals surface area contributed by atoms with Gasteiger partial charge in [-0.25, -0.2) is 0 Å². The number of amides is 2. The number of aryl methyl sites for hydroxylation is 1. The SMILES string of the molecule is CCCOc1cccc(NC2=C(c3ccc(C)cc3)C(=O)N(Cc3ccccn3)C2=O)c1. The van der Waals surface area contributed by atoms with E-state index in [0.29, 0.717) is 34.9 Å². The van der Waals surface area contributed by atoms with Gasteiger partial charge in [0.15, 0.2) is 0 Å². The summed E-state index contributed by atoms with van der Waals surface area (Å²) >= 11 is 0. The number of hydrogen-bond donors (Lipinski definition) is 1. The molecule has 0 radical (unpaired) electrons. The zero-order valence-corrected chi connectivity index (χ0v) is 18.2. The molecule has 0 spiro atoms.